The Kier molecular flexibility index (Phi) is 2.80. The molecule has 3 nitrogen and oxygen atoms in total. The van der Waals surface area contributed by atoms with Gasteiger partial charge in [0.2, 0.25) is 0 Å². The lowest BCUT2D eigenvalue weighted by atomic mass is 10.3. The monoisotopic (exact) mass is 325 g/mol. The molecule has 6 heteroatoms. The summed E-state index contributed by atoms with van der Waals surface area (Å²) in [6, 6.07) is 10.5. The number of aromatic nitrogens is 3. The lowest BCUT2D eigenvalue weighted by molar-refractivity contribution is 0.630. The van der Waals surface area contributed by atoms with Crippen LogP contribution in [0.5, 0.6) is 0 Å². The summed E-state index contributed by atoms with van der Waals surface area (Å²) in [6.45, 7) is 0. The van der Waals surface area contributed by atoms with Gasteiger partial charge in [-0.2, -0.15) is 0 Å². The molecule has 0 saturated carbocycles. The second-order valence-corrected chi connectivity index (χ2v) is 5.00. The van der Waals surface area contributed by atoms with Gasteiger partial charge in [-0.3, -0.25) is 0 Å². The second kappa shape index (κ2) is 4.33. The SMILES string of the molecule is Fc1ccc2c(nnn2-c2ccc(Br)cc2)c1Cl. The molecule has 0 atom stereocenters. The molecular weight excluding hydrogens is 321 g/mol. The molecule has 0 saturated heterocycles. The van der Waals surface area contributed by atoms with E-state index in [1.165, 1.54) is 6.07 Å². The van der Waals surface area contributed by atoms with Crippen LogP contribution in [0.4, 0.5) is 4.39 Å². The van der Waals surface area contributed by atoms with Crippen LogP contribution in [0.1, 0.15) is 0 Å². The molecule has 0 aliphatic rings. The summed E-state index contributed by atoms with van der Waals surface area (Å²) in [6.07, 6.45) is 0. The lowest BCUT2D eigenvalue weighted by Crippen LogP contribution is -1.95. The molecule has 0 aliphatic heterocycles. The first-order valence-electron chi connectivity index (χ1n) is 5.12. The van der Waals surface area contributed by atoms with E-state index in [9.17, 15) is 4.39 Å². The number of hydrogen-bond donors (Lipinski definition) is 0. The van der Waals surface area contributed by atoms with Gasteiger partial charge in [-0.05, 0) is 36.4 Å². The summed E-state index contributed by atoms with van der Waals surface area (Å²) in [7, 11) is 0. The van der Waals surface area contributed by atoms with Crippen molar-refractivity contribution in [1.29, 1.82) is 0 Å². The normalized spacial score (nSPS) is 11.1. The Balaban J connectivity index is 2.25. The van der Waals surface area contributed by atoms with Crippen LogP contribution >= 0.6 is 27.5 Å². The molecule has 2 aromatic carbocycles. The minimum absolute atomic E-state index is 0.00383. The fraction of sp³-hybridized carbons (Fsp3) is 0. The molecular formula is C12H6BrClFN3. The van der Waals surface area contributed by atoms with Gasteiger partial charge in [0.25, 0.3) is 0 Å². The number of nitrogens with zero attached hydrogens (tertiary/aromatic N) is 3. The first-order chi connectivity index (χ1) is 8.66. The van der Waals surface area contributed by atoms with Crippen molar-refractivity contribution in [3.05, 3.63) is 51.7 Å². The Bertz CT molecular complexity index is 724. The molecule has 0 bridgehead atoms. The van der Waals surface area contributed by atoms with Crippen molar-refractivity contribution in [3.8, 4) is 5.69 Å². The Labute approximate surface area is 115 Å². The number of benzene rings is 2. The van der Waals surface area contributed by atoms with Crippen LogP contribution in [0.25, 0.3) is 16.7 Å². The fourth-order valence-electron chi connectivity index (χ4n) is 1.71. The van der Waals surface area contributed by atoms with Crippen molar-refractivity contribution >= 4 is 38.6 Å². The van der Waals surface area contributed by atoms with Crippen LogP contribution in [0.2, 0.25) is 5.02 Å². The van der Waals surface area contributed by atoms with E-state index >= 15 is 0 Å². The van der Waals surface area contributed by atoms with Crippen molar-refractivity contribution in [3.63, 3.8) is 0 Å². The van der Waals surface area contributed by atoms with E-state index in [1.54, 1.807) is 10.7 Å². The van der Waals surface area contributed by atoms with Crippen LogP contribution in [-0.4, -0.2) is 15.0 Å². The third-order valence-corrected chi connectivity index (χ3v) is 3.47. The molecule has 3 rings (SSSR count). The highest BCUT2D eigenvalue weighted by Gasteiger charge is 2.12. The van der Waals surface area contributed by atoms with E-state index in [-0.39, 0.29) is 5.02 Å². The quantitative estimate of drug-likeness (QED) is 0.677. The third-order valence-electron chi connectivity index (χ3n) is 2.58. The number of hydrogen-bond acceptors (Lipinski definition) is 2. The second-order valence-electron chi connectivity index (χ2n) is 3.71. The molecule has 90 valence electrons. The van der Waals surface area contributed by atoms with Gasteiger partial charge in [-0.1, -0.05) is 32.7 Å². The van der Waals surface area contributed by atoms with E-state index in [1.807, 2.05) is 24.3 Å². The van der Waals surface area contributed by atoms with E-state index in [4.69, 9.17) is 11.6 Å². The molecule has 1 heterocycles. The Morgan fingerprint density at radius 1 is 1.11 bits per heavy atom. The van der Waals surface area contributed by atoms with E-state index in [0.29, 0.717) is 11.0 Å². The van der Waals surface area contributed by atoms with Crippen molar-refractivity contribution in [2.24, 2.45) is 0 Å². The zero-order chi connectivity index (χ0) is 12.7. The van der Waals surface area contributed by atoms with E-state index in [2.05, 4.69) is 26.2 Å². The van der Waals surface area contributed by atoms with E-state index < -0.39 is 5.82 Å². The minimum atomic E-state index is -0.493. The van der Waals surface area contributed by atoms with Crippen LogP contribution in [0, 0.1) is 5.82 Å². The van der Waals surface area contributed by atoms with Gasteiger partial charge < -0.3 is 0 Å². The van der Waals surface area contributed by atoms with Gasteiger partial charge in [0, 0.05) is 4.47 Å². The van der Waals surface area contributed by atoms with Crippen LogP contribution in [-0.2, 0) is 0 Å². The minimum Gasteiger partial charge on any atom is -0.213 e. The first-order valence-corrected chi connectivity index (χ1v) is 6.29. The highest BCUT2D eigenvalue weighted by molar-refractivity contribution is 9.10. The average Bonchev–Trinajstić information content (AvgIpc) is 2.79. The predicted octanol–water partition coefficient (Wildman–Crippen LogP) is 3.98. The van der Waals surface area contributed by atoms with Crippen molar-refractivity contribution in [2.45, 2.75) is 0 Å². The zero-order valence-corrected chi connectivity index (χ0v) is 11.3. The highest BCUT2D eigenvalue weighted by Crippen LogP contribution is 2.26. The van der Waals surface area contributed by atoms with Gasteiger partial charge in [0.1, 0.15) is 16.4 Å². The smallest absolute Gasteiger partial charge is 0.144 e. The average molecular weight is 327 g/mol. The van der Waals surface area contributed by atoms with Gasteiger partial charge in [-0.25, -0.2) is 9.07 Å². The summed E-state index contributed by atoms with van der Waals surface area (Å²) >= 11 is 9.22. The van der Waals surface area contributed by atoms with Crippen LogP contribution in [0.3, 0.4) is 0 Å². The maximum Gasteiger partial charge on any atom is 0.144 e. The first kappa shape index (κ1) is 11.6. The van der Waals surface area contributed by atoms with Gasteiger partial charge >= 0.3 is 0 Å². The maximum absolute atomic E-state index is 13.3. The molecule has 0 aliphatic carbocycles. The third kappa shape index (κ3) is 1.79. The van der Waals surface area contributed by atoms with Crippen molar-refractivity contribution in [2.75, 3.05) is 0 Å². The molecule has 1 aromatic heterocycles. The molecule has 0 N–H and O–H groups in total. The Morgan fingerprint density at radius 2 is 1.83 bits per heavy atom. The molecule has 0 spiro atoms. The van der Waals surface area contributed by atoms with Crippen LogP contribution in [0.15, 0.2) is 40.9 Å². The highest BCUT2D eigenvalue weighted by atomic mass is 79.9. The van der Waals surface area contributed by atoms with Crippen molar-refractivity contribution < 1.29 is 4.39 Å². The molecule has 0 fully saturated rings. The van der Waals surface area contributed by atoms with Gasteiger partial charge in [-0.15, -0.1) is 5.10 Å². The maximum atomic E-state index is 13.3. The summed E-state index contributed by atoms with van der Waals surface area (Å²) in [5.74, 6) is -0.493. The van der Waals surface area contributed by atoms with Crippen molar-refractivity contribution in [1.82, 2.24) is 15.0 Å². The van der Waals surface area contributed by atoms with Crippen LogP contribution < -0.4 is 0 Å². The Hall–Kier alpha value is -1.46. The molecule has 0 amide bonds. The summed E-state index contributed by atoms with van der Waals surface area (Å²) < 4.78 is 15.9. The predicted molar refractivity (Wildman–Crippen MR) is 71.5 cm³/mol. The molecule has 0 unspecified atom stereocenters. The molecule has 18 heavy (non-hydrogen) atoms. The lowest BCUT2D eigenvalue weighted by Gasteiger charge is -2.02. The summed E-state index contributed by atoms with van der Waals surface area (Å²) in [4.78, 5) is 0. The number of fused-ring (bicyclic) bond motifs is 1. The zero-order valence-electron chi connectivity index (χ0n) is 8.94. The largest absolute Gasteiger partial charge is 0.213 e. The number of rotatable bonds is 1. The van der Waals surface area contributed by atoms with Gasteiger partial charge in [0.15, 0.2) is 0 Å². The fourth-order valence-corrected chi connectivity index (χ4v) is 2.17. The Morgan fingerprint density at radius 3 is 2.56 bits per heavy atom. The summed E-state index contributed by atoms with van der Waals surface area (Å²) in [5, 5.41) is 7.90. The van der Waals surface area contributed by atoms with Gasteiger partial charge in [0.05, 0.1) is 11.2 Å². The summed E-state index contributed by atoms with van der Waals surface area (Å²) in [5.41, 5.74) is 1.87. The topological polar surface area (TPSA) is 30.7 Å². The van der Waals surface area contributed by atoms with E-state index in [0.717, 1.165) is 10.2 Å². The number of halogens is 3. The molecule has 3 aromatic rings. The molecule has 0 radical (unpaired) electrons. The standard InChI is InChI=1S/C12H6BrClFN3/c13-7-1-3-8(4-2-7)18-10-6-5-9(15)11(14)12(10)16-17-18/h1-6H.